The Morgan fingerprint density at radius 1 is 1.11 bits per heavy atom. The van der Waals surface area contributed by atoms with Crippen molar-refractivity contribution in [1.29, 1.82) is 5.26 Å². The van der Waals surface area contributed by atoms with Gasteiger partial charge in [0.1, 0.15) is 18.2 Å². The van der Waals surface area contributed by atoms with E-state index in [1.165, 1.54) is 0 Å². The number of carbonyl (C=O) groups is 1. The van der Waals surface area contributed by atoms with Crippen molar-refractivity contribution in [1.82, 2.24) is 5.32 Å². The van der Waals surface area contributed by atoms with Gasteiger partial charge in [-0.1, -0.05) is 59.6 Å². The van der Waals surface area contributed by atoms with Crippen LogP contribution >= 0.6 is 45.8 Å². The van der Waals surface area contributed by atoms with E-state index in [2.05, 4.69) is 27.9 Å². The number of nitrogens with one attached hydrogen (secondary N) is 1. The molecule has 0 unspecified atom stereocenters. The van der Waals surface area contributed by atoms with Gasteiger partial charge in [-0.15, -0.1) is 0 Å². The molecule has 0 heterocycles. The van der Waals surface area contributed by atoms with Crippen LogP contribution in [0.5, 0.6) is 11.5 Å². The molecule has 0 fully saturated rings. The Kier molecular flexibility index (Phi) is 9.84. The molecule has 35 heavy (non-hydrogen) atoms. The topological polar surface area (TPSA) is 71.3 Å². The van der Waals surface area contributed by atoms with Crippen molar-refractivity contribution in [3.63, 3.8) is 0 Å². The van der Waals surface area contributed by atoms with Gasteiger partial charge in [0.2, 0.25) is 0 Å². The fourth-order valence-electron chi connectivity index (χ4n) is 3.27. The number of nitrogens with zero attached hydrogens (tertiary/aromatic N) is 1. The second kappa shape index (κ2) is 12.8. The Morgan fingerprint density at radius 3 is 2.51 bits per heavy atom. The molecule has 0 saturated heterocycles. The van der Waals surface area contributed by atoms with Crippen LogP contribution in [0.2, 0.25) is 10.0 Å². The molecule has 180 valence electrons. The summed E-state index contributed by atoms with van der Waals surface area (Å²) in [7, 11) is 0. The summed E-state index contributed by atoms with van der Waals surface area (Å²) in [6.07, 6.45) is 1.54. The van der Waals surface area contributed by atoms with E-state index >= 15 is 0 Å². The number of halogens is 3. The normalized spacial score (nSPS) is 11.9. The molecular weight excluding hydrogens is 598 g/mol. The van der Waals surface area contributed by atoms with Crippen molar-refractivity contribution >= 4 is 57.8 Å². The first-order chi connectivity index (χ1) is 16.8. The zero-order valence-electron chi connectivity index (χ0n) is 19.1. The number of nitriles is 1. The van der Waals surface area contributed by atoms with Crippen molar-refractivity contribution in [2.24, 2.45) is 0 Å². The lowest BCUT2D eigenvalue weighted by molar-refractivity contribution is -0.117. The van der Waals surface area contributed by atoms with Crippen molar-refractivity contribution in [3.05, 3.63) is 96.5 Å². The van der Waals surface area contributed by atoms with E-state index in [0.29, 0.717) is 33.7 Å². The molecule has 1 N–H and O–H groups in total. The minimum Gasteiger partial charge on any atom is -0.490 e. The Morgan fingerprint density at radius 2 is 1.86 bits per heavy atom. The quantitative estimate of drug-likeness (QED) is 0.154. The maximum absolute atomic E-state index is 12.8. The fraction of sp³-hybridized carbons (Fsp3) is 0.185. The molecule has 3 aromatic carbocycles. The predicted octanol–water partition coefficient (Wildman–Crippen LogP) is 7.36. The Balaban J connectivity index is 1.82. The molecule has 8 heteroatoms. The summed E-state index contributed by atoms with van der Waals surface area (Å²) in [4.78, 5) is 12.8. The molecule has 0 saturated carbocycles. The van der Waals surface area contributed by atoms with Crippen LogP contribution in [0, 0.1) is 14.9 Å². The third-order valence-corrected chi connectivity index (χ3v) is 6.56. The van der Waals surface area contributed by atoms with Gasteiger partial charge in [-0.05, 0) is 83.5 Å². The van der Waals surface area contributed by atoms with Crippen LogP contribution in [0.25, 0.3) is 6.08 Å². The number of hydrogen-bond acceptors (Lipinski definition) is 4. The molecule has 0 spiro atoms. The van der Waals surface area contributed by atoms with Gasteiger partial charge >= 0.3 is 0 Å². The van der Waals surface area contributed by atoms with Crippen LogP contribution in [0.4, 0.5) is 0 Å². The molecule has 0 aromatic heterocycles. The van der Waals surface area contributed by atoms with Crippen molar-refractivity contribution < 1.29 is 14.3 Å². The average molecular weight is 621 g/mol. The summed E-state index contributed by atoms with van der Waals surface area (Å²) < 4.78 is 12.6. The molecule has 3 rings (SSSR count). The summed E-state index contributed by atoms with van der Waals surface area (Å²) in [5.74, 6) is 0.633. The molecule has 0 aliphatic carbocycles. The highest BCUT2D eigenvalue weighted by molar-refractivity contribution is 14.1. The zero-order valence-corrected chi connectivity index (χ0v) is 22.8. The highest BCUT2D eigenvalue weighted by Gasteiger charge is 2.16. The molecule has 1 amide bonds. The third kappa shape index (κ3) is 7.38. The van der Waals surface area contributed by atoms with E-state index < -0.39 is 5.91 Å². The van der Waals surface area contributed by atoms with E-state index in [1.54, 1.807) is 24.3 Å². The van der Waals surface area contributed by atoms with Crippen molar-refractivity contribution in [2.45, 2.75) is 26.5 Å². The van der Waals surface area contributed by atoms with Gasteiger partial charge in [0.05, 0.1) is 26.3 Å². The lowest BCUT2D eigenvalue weighted by Crippen LogP contribution is -2.27. The van der Waals surface area contributed by atoms with E-state index in [9.17, 15) is 10.1 Å². The Labute approximate surface area is 228 Å². The standard InChI is InChI=1S/C27H23Cl2IN2O3/c1-3-34-25-14-19(11-21(15-31)27(33)32-17(2)20-7-5-4-6-8-20)13-24(30)26(25)35-16-18-9-10-22(28)23(29)12-18/h4-14,17H,3,16H2,1-2H3,(H,32,33)/b21-11-/t17-/m1/s1. The van der Waals surface area contributed by atoms with E-state index in [4.69, 9.17) is 32.7 Å². The number of carbonyl (C=O) groups excluding carboxylic acids is 1. The maximum Gasteiger partial charge on any atom is 0.262 e. The Bertz CT molecular complexity index is 1270. The molecule has 0 aliphatic heterocycles. The van der Waals surface area contributed by atoms with Crippen LogP contribution in [-0.2, 0) is 11.4 Å². The summed E-state index contributed by atoms with van der Waals surface area (Å²) in [5.41, 5.74) is 2.46. The van der Waals surface area contributed by atoms with E-state index in [1.807, 2.05) is 62.4 Å². The van der Waals surface area contributed by atoms with Crippen LogP contribution < -0.4 is 14.8 Å². The maximum atomic E-state index is 12.8. The minimum atomic E-state index is -0.447. The first-order valence-electron chi connectivity index (χ1n) is 10.8. The van der Waals surface area contributed by atoms with Crippen LogP contribution in [0.1, 0.15) is 36.6 Å². The lowest BCUT2D eigenvalue weighted by atomic mass is 10.1. The SMILES string of the molecule is CCOc1cc(/C=C(/C#N)C(=O)N[C@H](C)c2ccccc2)cc(I)c1OCc1ccc(Cl)c(Cl)c1. The summed E-state index contributed by atoms with van der Waals surface area (Å²) in [5, 5.41) is 13.4. The van der Waals surface area contributed by atoms with Gasteiger partial charge in [-0.25, -0.2) is 0 Å². The zero-order chi connectivity index (χ0) is 25.4. The summed E-state index contributed by atoms with van der Waals surface area (Å²) >= 11 is 14.2. The second-order valence-electron chi connectivity index (χ2n) is 7.58. The number of benzene rings is 3. The summed E-state index contributed by atoms with van der Waals surface area (Å²) in [6.45, 7) is 4.44. The molecule has 0 aliphatic rings. The van der Waals surface area contributed by atoms with E-state index in [-0.39, 0.29) is 18.2 Å². The number of hydrogen-bond donors (Lipinski definition) is 1. The first-order valence-corrected chi connectivity index (χ1v) is 12.7. The van der Waals surface area contributed by atoms with Crippen LogP contribution in [0.3, 0.4) is 0 Å². The van der Waals surface area contributed by atoms with Gasteiger partial charge in [-0.3, -0.25) is 4.79 Å². The van der Waals surface area contributed by atoms with Gasteiger partial charge in [0, 0.05) is 0 Å². The highest BCUT2D eigenvalue weighted by atomic mass is 127. The average Bonchev–Trinajstić information content (AvgIpc) is 2.84. The molecule has 0 bridgehead atoms. The molecule has 3 aromatic rings. The second-order valence-corrected chi connectivity index (χ2v) is 9.55. The molecule has 0 radical (unpaired) electrons. The largest absolute Gasteiger partial charge is 0.490 e. The van der Waals surface area contributed by atoms with Gasteiger partial charge in [-0.2, -0.15) is 5.26 Å². The summed E-state index contributed by atoms with van der Waals surface area (Å²) in [6, 6.07) is 20.2. The minimum absolute atomic E-state index is 0.00416. The number of amides is 1. The third-order valence-electron chi connectivity index (χ3n) is 5.02. The highest BCUT2D eigenvalue weighted by Crippen LogP contribution is 2.36. The Hall–Kier alpha value is -2.73. The molecular formula is C27H23Cl2IN2O3. The van der Waals surface area contributed by atoms with Crippen molar-refractivity contribution in [3.8, 4) is 17.6 Å². The van der Waals surface area contributed by atoms with E-state index in [0.717, 1.165) is 14.7 Å². The van der Waals surface area contributed by atoms with Crippen LogP contribution in [0.15, 0.2) is 66.2 Å². The lowest BCUT2D eigenvalue weighted by Gasteiger charge is -2.16. The number of rotatable bonds is 9. The predicted molar refractivity (Wildman–Crippen MR) is 148 cm³/mol. The van der Waals surface area contributed by atoms with Gasteiger partial charge in [0.15, 0.2) is 11.5 Å². The smallest absolute Gasteiger partial charge is 0.262 e. The fourth-order valence-corrected chi connectivity index (χ4v) is 4.38. The first kappa shape index (κ1) is 26.9. The van der Waals surface area contributed by atoms with Gasteiger partial charge < -0.3 is 14.8 Å². The molecule has 5 nitrogen and oxygen atoms in total. The number of ether oxygens (including phenoxy) is 2. The van der Waals surface area contributed by atoms with Crippen molar-refractivity contribution in [2.75, 3.05) is 6.61 Å². The van der Waals surface area contributed by atoms with Gasteiger partial charge in [0.25, 0.3) is 5.91 Å². The monoisotopic (exact) mass is 620 g/mol. The molecule has 1 atom stereocenters. The van der Waals surface area contributed by atoms with Crippen LogP contribution in [-0.4, -0.2) is 12.5 Å².